The van der Waals surface area contributed by atoms with Gasteiger partial charge >= 0.3 is 12.0 Å². The number of nitrogens with zero attached hydrogens (tertiary/aromatic N) is 3. The monoisotopic (exact) mass is 295 g/mol. The number of hydrogen-bond donors (Lipinski definition) is 3. The van der Waals surface area contributed by atoms with E-state index in [9.17, 15) is 9.59 Å². The highest BCUT2D eigenvalue weighted by Gasteiger charge is 2.35. The highest BCUT2D eigenvalue weighted by Crippen LogP contribution is 2.31. The Bertz CT molecular complexity index is 508. The van der Waals surface area contributed by atoms with Gasteiger partial charge in [0.1, 0.15) is 6.33 Å². The second-order valence-corrected chi connectivity index (χ2v) is 5.55. The van der Waals surface area contributed by atoms with Crippen molar-refractivity contribution in [1.82, 2.24) is 25.4 Å². The smallest absolute Gasteiger partial charge is 0.315 e. The van der Waals surface area contributed by atoms with Gasteiger partial charge in [0.15, 0.2) is 5.82 Å². The Labute approximate surface area is 122 Å². The molecular weight excluding hydrogens is 274 g/mol. The van der Waals surface area contributed by atoms with Gasteiger partial charge < -0.3 is 15.7 Å². The maximum Gasteiger partial charge on any atom is 0.315 e. The molecule has 2 amide bonds. The lowest BCUT2D eigenvalue weighted by Crippen LogP contribution is -2.54. The van der Waals surface area contributed by atoms with Crippen LogP contribution in [-0.2, 0) is 18.4 Å². The minimum absolute atomic E-state index is 0.0394. The number of carboxylic acids is 1. The van der Waals surface area contributed by atoms with Crippen molar-refractivity contribution in [2.45, 2.75) is 50.6 Å². The third-order valence-corrected chi connectivity index (χ3v) is 3.73. The predicted octanol–water partition coefficient (Wildman–Crippen LogP) is 0.792. The number of nitrogens with one attached hydrogen (secondary N) is 2. The summed E-state index contributed by atoms with van der Waals surface area (Å²) in [6, 6.07) is -0.370. The van der Waals surface area contributed by atoms with Crippen LogP contribution in [0, 0.1) is 0 Å². The number of carbonyl (C=O) groups excluding carboxylic acids is 1. The number of rotatable bonds is 5. The van der Waals surface area contributed by atoms with Crippen LogP contribution in [0.1, 0.15) is 44.3 Å². The summed E-state index contributed by atoms with van der Waals surface area (Å²) < 4.78 is 1.56. The third kappa shape index (κ3) is 4.44. The Morgan fingerprint density at radius 2 is 2.10 bits per heavy atom. The third-order valence-electron chi connectivity index (χ3n) is 3.73. The molecule has 0 radical (unpaired) electrons. The summed E-state index contributed by atoms with van der Waals surface area (Å²) in [5.41, 5.74) is -0.633. The van der Waals surface area contributed by atoms with Crippen molar-refractivity contribution in [3.63, 3.8) is 0 Å². The zero-order valence-electron chi connectivity index (χ0n) is 12.1. The fourth-order valence-corrected chi connectivity index (χ4v) is 2.77. The van der Waals surface area contributed by atoms with Gasteiger partial charge in [0.05, 0.1) is 18.5 Å². The normalized spacial score (nSPS) is 17.2. The zero-order chi connectivity index (χ0) is 15.3. The molecule has 3 N–H and O–H groups in total. The molecule has 0 aliphatic heterocycles. The van der Waals surface area contributed by atoms with Crippen LogP contribution in [0.5, 0.6) is 0 Å². The van der Waals surface area contributed by atoms with Crippen LogP contribution in [0.3, 0.4) is 0 Å². The van der Waals surface area contributed by atoms with E-state index in [2.05, 4.69) is 20.7 Å². The van der Waals surface area contributed by atoms with Gasteiger partial charge in [0.2, 0.25) is 0 Å². The molecule has 1 fully saturated rings. The maximum atomic E-state index is 12.0. The average Bonchev–Trinajstić information content (AvgIpc) is 2.82. The largest absolute Gasteiger partial charge is 0.481 e. The first kappa shape index (κ1) is 15.3. The van der Waals surface area contributed by atoms with Crippen LogP contribution in [0.2, 0.25) is 0 Å². The molecule has 0 aromatic carbocycles. The van der Waals surface area contributed by atoms with Crippen molar-refractivity contribution in [3.8, 4) is 0 Å². The molecular formula is C13H21N5O3. The Hall–Kier alpha value is -2.12. The molecule has 1 saturated carbocycles. The van der Waals surface area contributed by atoms with Gasteiger partial charge in [-0.2, -0.15) is 5.10 Å². The summed E-state index contributed by atoms with van der Waals surface area (Å²) in [4.78, 5) is 27.1. The standard InChI is InChI=1S/C13H21N5O3/c1-18-9-15-10(17-18)8-14-12(21)16-13(7-11(19)20)5-3-2-4-6-13/h9H,2-8H2,1H3,(H,19,20)(H2,14,16,21). The second-order valence-electron chi connectivity index (χ2n) is 5.55. The Kier molecular flexibility index (Phi) is 4.77. The summed E-state index contributed by atoms with van der Waals surface area (Å²) in [7, 11) is 1.75. The fraction of sp³-hybridized carbons (Fsp3) is 0.692. The quantitative estimate of drug-likeness (QED) is 0.744. The van der Waals surface area contributed by atoms with E-state index in [1.54, 1.807) is 18.1 Å². The van der Waals surface area contributed by atoms with Gasteiger partial charge in [0.25, 0.3) is 0 Å². The van der Waals surface area contributed by atoms with Gasteiger partial charge in [-0.3, -0.25) is 9.48 Å². The minimum Gasteiger partial charge on any atom is -0.481 e. The van der Waals surface area contributed by atoms with Crippen LogP contribution in [0.15, 0.2) is 6.33 Å². The Morgan fingerprint density at radius 1 is 1.38 bits per heavy atom. The lowest BCUT2D eigenvalue weighted by molar-refractivity contribution is -0.139. The molecule has 116 valence electrons. The van der Waals surface area contributed by atoms with Crippen LogP contribution in [0.4, 0.5) is 4.79 Å². The molecule has 8 nitrogen and oxygen atoms in total. The summed E-state index contributed by atoms with van der Waals surface area (Å²) in [5.74, 6) is -0.368. The van der Waals surface area contributed by atoms with Crippen LogP contribution < -0.4 is 10.6 Å². The zero-order valence-corrected chi connectivity index (χ0v) is 12.1. The summed E-state index contributed by atoms with van der Waals surface area (Å²) in [5, 5.41) is 18.6. The first-order chi connectivity index (χ1) is 9.99. The van der Waals surface area contributed by atoms with Gasteiger partial charge in [-0.1, -0.05) is 19.3 Å². The van der Waals surface area contributed by atoms with E-state index in [-0.39, 0.29) is 19.0 Å². The van der Waals surface area contributed by atoms with Crippen molar-refractivity contribution >= 4 is 12.0 Å². The maximum absolute atomic E-state index is 12.0. The molecule has 1 heterocycles. The second kappa shape index (κ2) is 6.55. The fourth-order valence-electron chi connectivity index (χ4n) is 2.77. The van der Waals surface area contributed by atoms with Gasteiger partial charge in [-0.05, 0) is 12.8 Å². The molecule has 0 spiro atoms. The molecule has 0 unspecified atom stereocenters. The van der Waals surface area contributed by atoms with E-state index >= 15 is 0 Å². The van der Waals surface area contributed by atoms with E-state index in [0.717, 1.165) is 19.3 Å². The van der Waals surface area contributed by atoms with Crippen LogP contribution in [-0.4, -0.2) is 37.4 Å². The summed E-state index contributed by atoms with van der Waals surface area (Å²) in [6.07, 6.45) is 5.89. The molecule has 21 heavy (non-hydrogen) atoms. The van der Waals surface area contributed by atoms with E-state index in [1.807, 2.05) is 0 Å². The minimum atomic E-state index is -0.886. The number of urea groups is 1. The Balaban J connectivity index is 1.89. The van der Waals surface area contributed by atoms with Gasteiger partial charge in [-0.25, -0.2) is 9.78 Å². The van der Waals surface area contributed by atoms with Gasteiger partial charge in [0, 0.05) is 7.05 Å². The molecule has 8 heteroatoms. The molecule has 2 rings (SSSR count). The van der Waals surface area contributed by atoms with Crippen molar-refractivity contribution in [2.75, 3.05) is 0 Å². The molecule has 1 aromatic heterocycles. The highest BCUT2D eigenvalue weighted by molar-refractivity contribution is 5.76. The number of aromatic nitrogens is 3. The SMILES string of the molecule is Cn1cnc(CNC(=O)NC2(CC(=O)O)CCCCC2)n1. The molecule has 1 aliphatic rings. The Morgan fingerprint density at radius 3 is 2.67 bits per heavy atom. The first-order valence-electron chi connectivity index (χ1n) is 7.11. The number of aliphatic carboxylic acids is 1. The molecule has 0 atom stereocenters. The van der Waals surface area contributed by atoms with Crippen LogP contribution in [0.25, 0.3) is 0 Å². The first-order valence-corrected chi connectivity index (χ1v) is 7.11. The van der Waals surface area contributed by atoms with E-state index < -0.39 is 11.5 Å². The molecule has 0 saturated heterocycles. The summed E-state index contributed by atoms with van der Waals surface area (Å²) in [6.45, 7) is 0.218. The van der Waals surface area contributed by atoms with E-state index in [0.29, 0.717) is 18.7 Å². The lowest BCUT2D eigenvalue weighted by atomic mass is 9.79. The van der Waals surface area contributed by atoms with Crippen LogP contribution >= 0.6 is 0 Å². The number of amides is 2. The van der Waals surface area contributed by atoms with E-state index in [4.69, 9.17) is 5.11 Å². The van der Waals surface area contributed by atoms with Crippen molar-refractivity contribution < 1.29 is 14.7 Å². The highest BCUT2D eigenvalue weighted by atomic mass is 16.4. The number of hydrogen-bond acceptors (Lipinski definition) is 4. The van der Waals surface area contributed by atoms with Crippen molar-refractivity contribution in [2.24, 2.45) is 7.05 Å². The molecule has 1 aliphatic carbocycles. The van der Waals surface area contributed by atoms with E-state index in [1.165, 1.54) is 0 Å². The number of aryl methyl sites for hydroxylation is 1. The van der Waals surface area contributed by atoms with Crippen molar-refractivity contribution in [3.05, 3.63) is 12.2 Å². The topological polar surface area (TPSA) is 109 Å². The van der Waals surface area contributed by atoms with Gasteiger partial charge in [-0.15, -0.1) is 0 Å². The number of carbonyl (C=O) groups is 2. The average molecular weight is 295 g/mol. The van der Waals surface area contributed by atoms with Crippen molar-refractivity contribution in [1.29, 1.82) is 0 Å². The lowest BCUT2D eigenvalue weighted by Gasteiger charge is -2.36. The number of carboxylic acid groups (broad SMARTS) is 1. The summed E-state index contributed by atoms with van der Waals surface area (Å²) >= 11 is 0. The molecule has 1 aromatic rings. The molecule has 0 bridgehead atoms. The predicted molar refractivity (Wildman–Crippen MR) is 74.4 cm³/mol.